The van der Waals surface area contributed by atoms with Crippen LogP contribution in [0.2, 0.25) is 0 Å². The molecule has 2 fully saturated rings. The van der Waals surface area contributed by atoms with Crippen molar-refractivity contribution in [1.29, 1.82) is 0 Å². The Hall–Kier alpha value is -1.02. The van der Waals surface area contributed by atoms with Crippen molar-refractivity contribution in [3.8, 4) is 0 Å². The van der Waals surface area contributed by atoms with Crippen molar-refractivity contribution >= 4 is 6.03 Å². The van der Waals surface area contributed by atoms with E-state index in [9.17, 15) is 18.0 Å². The van der Waals surface area contributed by atoms with Gasteiger partial charge in [-0.3, -0.25) is 0 Å². The van der Waals surface area contributed by atoms with Crippen LogP contribution in [0.15, 0.2) is 0 Å². The highest BCUT2D eigenvalue weighted by Crippen LogP contribution is 2.28. The molecule has 2 amide bonds. The van der Waals surface area contributed by atoms with Crippen LogP contribution in [0.1, 0.15) is 39.0 Å². The Balaban J connectivity index is 1.76. The fourth-order valence-corrected chi connectivity index (χ4v) is 3.14. The molecule has 1 saturated carbocycles. The summed E-state index contributed by atoms with van der Waals surface area (Å²) in [7, 11) is 0. The first-order chi connectivity index (χ1) is 10.8. The molecule has 0 radical (unpaired) electrons. The highest BCUT2D eigenvalue weighted by Gasteiger charge is 2.34. The highest BCUT2D eigenvalue weighted by atomic mass is 19.4. The number of halogens is 3. The van der Waals surface area contributed by atoms with Crippen LogP contribution in [0.5, 0.6) is 0 Å². The number of urea groups is 1. The predicted molar refractivity (Wildman–Crippen MR) is 78.1 cm³/mol. The molecule has 1 aliphatic heterocycles. The highest BCUT2D eigenvalue weighted by molar-refractivity contribution is 5.74. The summed E-state index contributed by atoms with van der Waals surface area (Å²) < 4.78 is 47.2. The van der Waals surface area contributed by atoms with Crippen molar-refractivity contribution in [2.75, 3.05) is 26.4 Å². The molecule has 0 aromatic carbocycles. The van der Waals surface area contributed by atoms with Crippen molar-refractivity contribution in [3.05, 3.63) is 0 Å². The number of carbonyl (C=O) groups excluding carboxylic acids is 1. The van der Waals surface area contributed by atoms with Gasteiger partial charge in [-0.1, -0.05) is 12.8 Å². The van der Waals surface area contributed by atoms with E-state index in [1.807, 2.05) is 6.92 Å². The zero-order valence-electron chi connectivity index (χ0n) is 13.4. The molecule has 0 spiro atoms. The summed E-state index contributed by atoms with van der Waals surface area (Å²) in [5, 5.41) is 5.63. The smallest absolute Gasteiger partial charge is 0.379 e. The van der Waals surface area contributed by atoms with Gasteiger partial charge in [0.1, 0.15) is 6.61 Å². The third-order valence-electron chi connectivity index (χ3n) is 4.46. The maximum atomic E-state index is 12.3. The van der Waals surface area contributed by atoms with Crippen molar-refractivity contribution in [1.82, 2.24) is 10.6 Å². The maximum absolute atomic E-state index is 12.3. The predicted octanol–water partition coefficient (Wildman–Crippen LogP) is 2.60. The summed E-state index contributed by atoms with van der Waals surface area (Å²) in [4.78, 5) is 12.0. The van der Waals surface area contributed by atoms with Gasteiger partial charge in [0.2, 0.25) is 0 Å². The van der Waals surface area contributed by atoms with Crippen LogP contribution in [0, 0.1) is 5.92 Å². The Labute approximate surface area is 134 Å². The van der Waals surface area contributed by atoms with Gasteiger partial charge in [-0.2, -0.15) is 13.2 Å². The number of alkyl halides is 3. The molecule has 1 heterocycles. The second-order valence-electron chi connectivity index (χ2n) is 6.71. The number of hydrogen-bond acceptors (Lipinski definition) is 3. The number of amides is 2. The fraction of sp³-hybridized carbons (Fsp3) is 0.933. The second kappa shape index (κ2) is 7.70. The van der Waals surface area contributed by atoms with Crippen molar-refractivity contribution in [2.45, 2.75) is 56.8 Å². The van der Waals surface area contributed by atoms with Crippen LogP contribution in [-0.4, -0.2) is 50.2 Å². The first-order valence-electron chi connectivity index (χ1n) is 8.10. The number of rotatable bonds is 5. The summed E-state index contributed by atoms with van der Waals surface area (Å²) in [6.45, 7) is 2.10. The third-order valence-corrected chi connectivity index (χ3v) is 4.46. The van der Waals surface area contributed by atoms with Gasteiger partial charge in [-0.05, 0) is 26.2 Å². The second-order valence-corrected chi connectivity index (χ2v) is 6.71. The van der Waals surface area contributed by atoms with Crippen LogP contribution >= 0.6 is 0 Å². The molecule has 1 aliphatic carbocycles. The van der Waals surface area contributed by atoms with Crippen LogP contribution in [-0.2, 0) is 9.47 Å². The van der Waals surface area contributed by atoms with Gasteiger partial charge in [0.05, 0.1) is 18.2 Å². The molecule has 2 aliphatic rings. The topological polar surface area (TPSA) is 59.6 Å². The monoisotopic (exact) mass is 338 g/mol. The standard InChI is InChI=1S/C15H25F3N2O3/c1-14(6-7-22-9-14)20-13(21)19-8-11-4-2-3-5-12(11)23-10-15(16,17)18/h11-12H,2-10H2,1H3,(H2,19,20,21)/t11-,12-,14-/m0/s1. The van der Waals surface area contributed by atoms with Gasteiger partial charge in [0, 0.05) is 19.1 Å². The number of nitrogens with one attached hydrogen (secondary N) is 2. The van der Waals surface area contributed by atoms with E-state index in [4.69, 9.17) is 9.47 Å². The fourth-order valence-electron chi connectivity index (χ4n) is 3.14. The maximum Gasteiger partial charge on any atom is 0.411 e. The Kier molecular flexibility index (Phi) is 6.13. The van der Waals surface area contributed by atoms with Gasteiger partial charge in [-0.25, -0.2) is 4.79 Å². The van der Waals surface area contributed by atoms with Gasteiger partial charge < -0.3 is 20.1 Å². The molecule has 1 saturated heterocycles. The molecule has 8 heteroatoms. The molecule has 23 heavy (non-hydrogen) atoms. The van der Waals surface area contributed by atoms with E-state index in [0.29, 0.717) is 26.2 Å². The molecule has 3 atom stereocenters. The average Bonchev–Trinajstić information content (AvgIpc) is 2.89. The molecule has 134 valence electrons. The summed E-state index contributed by atoms with van der Waals surface area (Å²) in [6, 6.07) is -0.307. The van der Waals surface area contributed by atoms with Gasteiger partial charge in [0.15, 0.2) is 0 Å². The van der Waals surface area contributed by atoms with Crippen LogP contribution in [0.3, 0.4) is 0 Å². The normalized spacial score (nSPS) is 31.8. The van der Waals surface area contributed by atoms with E-state index >= 15 is 0 Å². The molecular formula is C15H25F3N2O3. The Morgan fingerprint density at radius 2 is 2.09 bits per heavy atom. The third kappa shape index (κ3) is 6.18. The largest absolute Gasteiger partial charge is 0.411 e. The summed E-state index contributed by atoms with van der Waals surface area (Å²) in [6.07, 6.45) is -0.827. The van der Waals surface area contributed by atoms with Gasteiger partial charge >= 0.3 is 12.2 Å². The van der Waals surface area contributed by atoms with E-state index in [0.717, 1.165) is 25.7 Å². The lowest BCUT2D eigenvalue weighted by Crippen LogP contribution is -2.52. The summed E-state index contributed by atoms with van der Waals surface area (Å²) in [5.41, 5.74) is -0.372. The molecule has 2 N–H and O–H groups in total. The van der Waals surface area contributed by atoms with E-state index in [1.165, 1.54) is 0 Å². The van der Waals surface area contributed by atoms with Crippen molar-refractivity contribution in [2.24, 2.45) is 5.92 Å². The summed E-state index contributed by atoms with van der Waals surface area (Å²) in [5.74, 6) is -0.0792. The Morgan fingerprint density at radius 1 is 1.35 bits per heavy atom. The first-order valence-corrected chi connectivity index (χ1v) is 8.10. The molecule has 2 rings (SSSR count). The number of ether oxygens (including phenoxy) is 2. The molecule has 0 unspecified atom stereocenters. The first kappa shape index (κ1) is 18.3. The molecule has 0 aromatic heterocycles. The molecule has 5 nitrogen and oxygen atoms in total. The van der Waals surface area contributed by atoms with E-state index in [1.54, 1.807) is 0 Å². The van der Waals surface area contributed by atoms with Crippen molar-refractivity contribution < 1.29 is 27.4 Å². The average molecular weight is 338 g/mol. The molecular weight excluding hydrogens is 313 g/mol. The SMILES string of the molecule is C[C@]1(NC(=O)NC[C@@H]2CCCC[C@@H]2OCC(F)(F)F)CCOC1. The Bertz CT molecular complexity index is 398. The zero-order chi connectivity index (χ0) is 16.9. The van der Waals surface area contributed by atoms with E-state index < -0.39 is 18.9 Å². The Morgan fingerprint density at radius 3 is 2.74 bits per heavy atom. The quantitative estimate of drug-likeness (QED) is 0.810. The zero-order valence-corrected chi connectivity index (χ0v) is 13.4. The molecule has 0 bridgehead atoms. The minimum Gasteiger partial charge on any atom is -0.379 e. The molecule has 0 aromatic rings. The van der Waals surface area contributed by atoms with Crippen LogP contribution < -0.4 is 10.6 Å². The minimum atomic E-state index is -4.32. The lowest BCUT2D eigenvalue weighted by molar-refractivity contribution is -0.193. The van der Waals surface area contributed by atoms with E-state index in [-0.39, 0.29) is 17.5 Å². The lowest BCUT2D eigenvalue weighted by atomic mass is 9.86. The number of hydrogen-bond donors (Lipinski definition) is 2. The van der Waals surface area contributed by atoms with Crippen LogP contribution in [0.25, 0.3) is 0 Å². The van der Waals surface area contributed by atoms with E-state index in [2.05, 4.69) is 10.6 Å². The van der Waals surface area contributed by atoms with Gasteiger partial charge in [0.25, 0.3) is 0 Å². The minimum absolute atomic E-state index is 0.0792. The van der Waals surface area contributed by atoms with Gasteiger partial charge in [-0.15, -0.1) is 0 Å². The summed E-state index contributed by atoms with van der Waals surface area (Å²) >= 11 is 0. The van der Waals surface area contributed by atoms with Crippen molar-refractivity contribution in [3.63, 3.8) is 0 Å². The number of carbonyl (C=O) groups is 1. The van der Waals surface area contributed by atoms with Crippen LogP contribution in [0.4, 0.5) is 18.0 Å². The lowest BCUT2D eigenvalue weighted by Gasteiger charge is -2.32.